The lowest BCUT2D eigenvalue weighted by atomic mass is 10.2. The highest BCUT2D eigenvalue weighted by atomic mass is 16.5. The Morgan fingerprint density at radius 1 is 1.11 bits per heavy atom. The second-order valence-corrected chi connectivity index (χ2v) is 4.12. The van der Waals surface area contributed by atoms with Gasteiger partial charge in [-0.1, -0.05) is 0 Å². The monoisotopic (exact) mass is 259 g/mol. The van der Waals surface area contributed by atoms with Crippen LogP contribution in [0.2, 0.25) is 0 Å². The van der Waals surface area contributed by atoms with Crippen LogP contribution in [0.3, 0.4) is 0 Å². The van der Waals surface area contributed by atoms with Crippen molar-refractivity contribution in [2.75, 3.05) is 6.61 Å². The van der Waals surface area contributed by atoms with E-state index >= 15 is 0 Å². The lowest BCUT2D eigenvalue weighted by Crippen LogP contribution is -2.53. The van der Waals surface area contributed by atoms with Gasteiger partial charge >= 0.3 is 5.97 Å². The smallest absolute Gasteiger partial charge is 0.332 e. The normalized spacial score (nSPS) is 13.7. The van der Waals surface area contributed by atoms with Gasteiger partial charge in [-0.2, -0.15) is 0 Å². The average Bonchev–Trinajstić information content (AvgIpc) is 2.27. The topological polar surface area (TPSA) is 111 Å². The van der Waals surface area contributed by atoms with E-state index in [-0.39, 0.29) is 18.6 Å². The van der Waals surface area contributed by atoms with Crippen LogP contribution in [-0.2, 0) is 19.1 Å². The second kappa shape index (κ2) is 7.65. The number of ether oxygens (including phenoxy) is 1. The van der Waals surface area contributed by atoms with E-state index in [4.69, 9.17) is 5.73 Å². The van der Waals surface area contributed by atoms with E-state index in [0.29, 0.717) is 0 Å². The summed E-state index contributed by atoms with van der Waals surface area (Å²) in [6.45, 7) is 6.87. The van der Waals surface area contributed by atoms with Gasteiger partial charge in [0, 0.05) is 6.04 Å². The molecule has 4 N–H and O–H groups in total. The third-order valence-corrected chi connectivity index (χ3v) is 2.01. The molecule has 0 saturated carbocycles. The fraction of sp³-hybridized carbons (Fsp3) is 0.727. The molecule has 0 aromatic heterocycles. The highest BCUT2D eigenvalue weighted by Crippen LogP contribution is 1.90. The summed E-state index contributed by atoms with van der Waals surface area (Å²) in [6, 6.07) is -2.21. The molecule has 0 spiro atoms. The molecular formula is C11H21N3O4. The maximum Gasteiger partial charge on any atom is 0.332 e. The van der Waals surface area contributed by atoms with Crippen LogP contribution < -0.4 is 16.4 Å². The Balaban J connectivity index is 4.30. The summed E-state index contributed by atoms with van der Waals surface area (Å²) in [7, 11) is 0. The number of nitrogens with two attached hydrogens (primary N) is 1. The molecule has 0 bridgehead atoms. The number of carbonyl (C=O) groups excluding carboxylic acids is 3. The fourth-order valence-corrected chi connectivity index (χ4v) is 1.12. The Morgan fingerprint density at radius 2 is 1.67 bits per heavy atom. The van der Waals surface area contributed by atoms with Gasteiger partial charge in [0.2, 0.25) is 11.8 Å². The first kappa shape index (κ1) is 16.4. The SMILES string of the molecule is CCOC(=O)C(N)C(=O)NC(C)C(=O)NC(C)C. The number of carbonyl (C=O) groups is 3. The zero-order chi connectivity index (χ0) is 14.3. The standard InChI is InChI=1S/C11H21N3O4/c1-5-18-11(17)8(12)10(16)14-7(4)9(15)13-6(2)3/h6-8H,5,12H2,1-4H3,(H,13,15)(H,14,16). The Kier molecular flexibility index (Phi) is 6.96. The number of nitrogens with one attached hydrogen (secondary N) is 2. The van der Waals surface area contributed by atoms with Gasteiger partial charge < -0.3 is 21.1 Å². The van der Waals surface area contributed by atoms with Crippen molar-refractivity contribution in [3.8, 4) is 0 Å². The summed E-state index contributed by atoms with van der Waals surface area (Å²) in [4.78, 5) is 34.3. The van der Waals surface area contributed by atoms with Gasteiger partial charge in [-0.25, -0.2) is 4.79 Å². The minimum Gasteiger partial charge on any atom is -0.464 e. The molecule has 18 heavy (non-hydrogen) atoms. The van der Waals surface area contributed by atoms with Crippen LogP contribution in [0, 0.1) is 0 Å². The van der Waals surface area contributed by atoms with Gasteiger partial charge in [0.25, 0.3) is 0 Å². The van der Waals surface area contributed by atoms with E-state index in [1.54, 1.807) is 20.8 Å². The van der Waals surface area contributed by atoms with E-state index in [9.17, 15) is 14.4 Å². The fourth-order valence-electron chi connectivity index (χ4n) is 1.12. The maximum absolute atomic E-state index is 11.5. The first-order chi connectivity index (χ1) is 8.29. The van der Waals surface area contributed by atoms with Crippen LogP contribution in [-0.4, -0.2) is 42.5 Å². The molecule has 0 saturated heterocycles. The lowest BCUT2D eigenvalue weighted by molar-refractivity contribution is -0.148. The molecule has 7 heteroatoms. The van der Waals surface area contributed by atoms with E-state index < -0.39 is 24.0 Å². The average molecular weight is 259 g/mol. The molecule has 7 nitrogen and oxygen atoms in total. The minimum absolute atomic E-state index is 0.0319. The Morgan fingerprint density at radius 3 is 2.11 bits per heavy atom. The Labute approximate surface area is 106 Å². The second-order valence-electron chi connectivity index (χ2n) is 4.12. The molecule has 0 aromatic rings. The highest BCUT2D eigenvalue weighted by molar-refractivity contribution is 6.03. The van der Waals surface area contributed by atoms with Gasteiger partial charge in [0.05, 0.1) is 6.61 Å². The van der Waals surface area contributed by atoms with Crippen LogP contribution in [0.4, 0.5) is 0 Å². The zero-order valence-electron chi connectivity index (χ0n) is 11.1. The summed E-state index contributed by atoms with van der Waals surface area (Å²) >= 11 is 0. The van der Waals surface area contributed by atoms with Crippen LogP contribution in [0.15, 0.2) is 0 Å². The van der Waals surface area contributed by atoms with E-state index in [1.807, 2.05) is 0 Å². The first-order valence-corrected chi connectivity index (χ1v) is 5.82. The van der Waals surface area contributed by atoms with E-state index in [0.717, 1.165) is 0 Å². The van der Waals surface area contributed by atoms with Crippen LogP contribution in [0.25, 0.3) is 0 Å². The van der Waals surface area contributed by atoms with Gasteiger partial charge in [0.1, 0.15) is 6.04 Å². The van der Waals surface area contributed by atoms with E-state index in [2.05, 4.69) is 15.4 Å². The van der Waals surface area contributed by atoms with Crippen molar-refractivity contribution in [2.24, 2.45) is 5.73 Å². The Bertz CT molecular complexity index is 317. The molecule has 104 valence electrons. The number of hydrogen-bond acceptors (Lipinski definition) is 5. The van der Waals surface area contributed by atoms with Crippen molar-refractivity contribution in [3.63, 3.8) is 0 Å². The van der Waals surface area contributed by atoms with Crippen molar-refractivity contribution >= 4 is 17.8 Å². The summed E-state index contributed by atoms with van der Waals surface area (Å²) in [6.07, 6.45) is 0. The minimum atomic E-state index is -1.42. The molecule has 0 aromatic carbocycles. The number of hydrogen-bond donors (Lipinski definition) is 3. The van der Waals surface area contributed by atoms with Gasteiger partial charge in [-0.15, -0.1) is 0 Å². The largest absolute Gasteiger partial charge is 0.464 e. The Hall–Kier alpha value is -1.63. The van der Waals surface area contributed by atoms with Gasteiger partial charge in [-0.05, 0) is 27.7 Å². The maximum atomic E-state index is 11.5. The number of rotatable bonds is 6. The molecule has 0 heterocycles. The van der Waals surface area contributed by atoms with Crippen LogP contribution in [0.5, 0.6) is 0 Å². The van der Waals surface area contributed by atoms with Gasteiger partial charge in [-0.3, -0.25) is 9.59 Å². The van der Waals surface area contributed by atoms with Crippen molar-refractivity contribution in [3.05, 3.63) is 0 Å². The number of amides is 2. The van der Waals surface area contributed by atoms with Crippen molar-refractivity contribution < 1.29 is 19.1 Å². The predicted molar refractivity (Wildman–Crippen MR) is 65.5 cm³/mol. The molecule has 2 atom stereocenters. The molecule has 0 rings (SSSR count). The summed E-state index contributed by atoms with van der Waals surface area (Å²) in [5.74, 6) is -1.89. The quantitative estimate of drug-likeness (QED) is 0.414. The molecule has 0 aliphatic rings. The zero-order valence-corrected chi connectivity index (χ0v) is 11.1. The van der Waals surface area contributed by atoms with Crippen molar-refractivity contribution in [1.82, 2.24) is 10.6 Å². The van der Waals surface area contributed by atoms with Gasteiger partial charge in [0.15, 0.2) is 6.04 Å². The van der Waals surface area contributed by atoms with E-state index in [1.165, 1.54) is 6.92 Å². The third-order valence-electron chi connectivity index (χ3n) is 2.01. The highest BCUT2D eigenvalue weighted by Gasteiger charge is 2.26. The predicted octanol–water partition coefficient (Wildman–Crippen LogP) is -1.09. The summed E-state index contributed by atoms with van der Waals surface area (Å²) in [5, 5.41) is 4.98. The molecule has 0 aliphatic carbocycles. The summed E-state index contributed by atoms with van der Waals surface area (Å²) in [5.41, 5.74) is 5.38. The first-order valence-electron chi connectivity index (χ1n) is 5.82. The third kappa shape index (κ3) is 5.62. The molecular weight excluding hydrogens is 238 g/mol. The molecule has 2 unspecified atom stereocenters. The van der Waals surface area contributed by atoms with Crippen molar-refractivity contribution in [1.29, 1.82) is 0 Å². The molecule has 0 aliphatic heterocycles. The molecule has 2 amide bonds. The molecule has 0 radical (unpaired) electrons. The van der Waals surface area contributed by atoms with Crippen LogP contribution in [0.1, 0.15) is 27.7 Å². The van der Waals surface area contributed by atoms with Crippen LogP contribution >= 0.6 is 0 Å². The molecule has 0 fully saturated rings. The summed E-state index contributed by atoms with van der Waals surface area (Å²) < 4.78 is 4.61. The lowest BCUT2D eigenvalue weighted by Gasteiger charge is -2.17. The number of esters is 1. The van der Waals surface area contributed by atoms with Crippen molar-refractivity contribution in [2.45, 2.75) is 45.8 Å².